The summed E-state index contributed by atoms with van der Waals surface area (Å²) in [6.45, 7) is 4.10. The van der Waals surface area contributed by atoms with Crippen LogP contribution in [0, 0.1) is 0 Å². The first-order valence-corrected chi connectivity index (χ1v) is 6.05. The maximum absolute atomic E-state index is 9.28. The van der Waals surface area contributed by atoms with Crippen molar-refractivity contribution in [1.82, 2.24) is 0 Å². The first-order valence-electron chi connectivity index (χ1n) is 6.05. The molecule has 2 rings (SSSR count). The molecule has 1 atom stereocenters. The minimum atomic E-state index is -0.744. The molecular formula is C14H19NO3. The van der Waals surface area contributed by atoms with Gasteiger partial charge in [0, 0.05) is 17.8 Å². The van der Waals surface area contributed by atoms with Gasteiger partial charge in [0.1, 0.15) is 11.4 Å². The Morgan fingerprint density at radius 1 is 1.39 bits per heavy atom. The van der Waals surface area contributed by atoms with E-state index in [1.807, 2.05) is 44.2 Å². The lowest BCUT2D eigenvalue weighted by molar-refractivity contribution is 0.105. The van der Waals surface area contributed by atoms with E-state index < -0.39 is 6.10 Å². The van der Waals surface area contributed by atoms with Crippen molar-refractivity contribution in [3.8, 4) is 5.75 Å². The number of nitrogens with one attached hydrogen (secondary N) is 1. The molecule has 1 aliphatic heterocycles. The van der Waals surface area contributed by atoms with Crippen molar-refractivity contribution < 1.29 is 14.9 Å². The summed E-state index contributed by atoms with van der Waals surface area (Å²) in [6.07, 6.45) is 3.31. The molecule has 1 aromatic rings. The Hall–Kier alpha value is -1.52. The molecular weight excluding hydrogens is 230 g/mol. The number of fused-ring (bicyclic) bond motifs is 1. The van der Waals surface area contributed by atoms with Crippen LogP contribution in [0.1, 0.15) is 19.4 Å². The number of aliphatic hydroxyl groups excluding tert-OH is 2. The third kappa shape index (κ3) is 3.03. The van der Waals surface area contributed by atoms with Crippen LogP contribution in [0.5, 0.6) is 5.75 Å². The quantitative estimate of drug-likeness (QED) is 0.759. The summed E-state index contributed by atoms with van der Waals surface area (Å²) < 4.78 is 5.82. The Kier molecular flexibility index (Phi) is 3.59. The molecule has 4 nitrogen and oxygen atoms in total. The van der Waals surface area contributed by atoms with Gasteiger partial charge in [-0.15, -0.1) is 0 Å². The molecule has 4 heteroatoms. The molecule has 0 fully saturated rings. The SMILES string of the molecule is CC1(C)C=Cc2cc(NCC(O)CO)ccc2O1. The van der Waals surface area contributed by atoms with Crippen molar-refractivity contribution in [2.45, 2.75) is 25.6 Å². The summed E-state index contributed by atoms with van der Waals surface area (Å²) in [7, 11) is 0. The fourth-order valence-corrected chi connectivity index (χ4v) is 1.79. The molecule has 1 aliphatic rings. The molecule has 18 heavy (non-hydrogen) atoms. The number of hydrogen-bond acceptors (Lipinski definition) is 4. The van der Waals surface area contributed by atoms with Gasteiger partial charge in [-0.2, -0.15) is 0 Å². The molecule has 3 N–H and O–H groups in total. The van der Waals surface area contributed by atoms with Crippen LogP contribution in [-0.4, -0.2) is 35.1 Å². The molecule has 0 radical (unpaired) electrons. The first kappa shape index (κ1) is 12.9. The van der Waals surface area contributed by atoms with Gasteiger partial charge < -0.3 is 20.3 Å². The van der Waals surface area contributed by atoms with Gasteiger partial charge in [0.25, 0.3) is 0 Å². The largest absolute Gasteiger partial charge is 0.483 e. The van der Waals surface area contributed by atoms with Gasteiger partial charge in [-0.25, -0.2) is 0 Å². The summed E-state index contributed by atoms with van der Waals surface area (Å²) in [6, 6.07) is 5.78. The smallest absolute Gasteiger partial charge is 0.127 e. The van der Waals surface area contributed by atoms with E-state index in [-0.39, 0.29) is 12.2 Å². The lowest BCUT2D eigenvalue weighted by Crippen LogP contribution is -2.27. The van der Waals surface area contributed by atoms with Gasteiger partial charge in [0.15, 0.2) is 0 Å². The lowest BCUT2D eigenvalue weighted by atomic mass is 10.0. The zero-order valence-electron chi connectivity index (χ0n) is 10.7. The summed E-state index contributed by atoms with van der Waals surface area (Å²) in [5.74, 6) is 0.857. The number of anilines is 1. The second-order valence-electron chi connectivity index (χ2n) is 5.01. The zero-order chi connectivity index (χ0) is 13.2. The molecule has 98 valence electrons. The summed E-state index contributed by atoms with van der Waals surface area (Å²) in [5.41, 5.74) is 1.64. The van der Waals surface area contributed by atoms with Crippen molar-refractivity contribution in [3.05, 3.63) is 29.8 Å². The number of hydrogen-bond donors (Lipinski definition) is 3. The molecule has 0 spiro atoms. The van der Waals surface area contributed by atoms with Crippen molar-refractivity contribution in [1.29, 1.82) is 0 Å². The van der Waals surface area contributed by atoms with Gasteiger partial charge in [0.2, 0.25) is 0 Å². The van der Waals surface area contributed by atoms with Gasteiger partial charge in [-0.05, 0) is 38.1 Å². The van der Waals surface area contributed by atoms with E-state index in [1.165, 1.54) is 0 Å². The van der Waals surface area contributed by atoms with Crippen LogP contribution in [0.4, 0.5) is 5.69 Å². The third-order valence-electron chi connectivity index (χ3n) is 2.80. The normalized spacial score (nSPS) is 17.8. The average Bonchev–Trinajstić information content (AvgIpc) is 2.35. The van der Waals surface area contributed by atoms with Crippen molar-refractivity contribution in [3.63, 3.8) is 0 Å². The average molecular weight is 249 g/mol. The molecule has 0 saturated heterocycles. The minimum Gasteiger partial charge on any atom is -0.483 e. The van der Waals surface area contributed by atoms with Gasteiger partial charge in [-0.1, -0.05) is 6.08 Å². The molecule has 1 aromatic carbocycles. The number of rotatable bonds is 4. The highest BCUT2D eigenvalue weighted by molar-refractivity contribution is 5.66. The number of benzene rings is 1. The fraction of sp³-hybridized carbons (Fsp3) is 0.429. The Labute approximate surface area is 107 Å². The summed E-state index contributed by atoms with van der Waals surface area (Å²) in [4.78, 5) is 0. The predicted molar refractivity (Wildman–Crippen MR) is 71.8 cm³/mol. The zero-order valence-corrected chi connectivity index (χ0v) is 10.7. The Balaban J connectivity index is 2.09. The molecule has 0 aromatic heterocycles. The van der Waals surface area contributed by atoms with Crippen molar-refractivity contribution >= 4 is 11.8 Å². The lowest BCUT2D eigenvalue weighted by Gasteiger charge is -2.28. The van der Waals surface area contributed by atoms with Crippen LogP contribution in [0.3, 0.4) is 0 Å². The van der Waals surface area contributed by atoms with Gasteiger partial charge in [0.05, 0.1) is 12.7 Å². The van der Waals surface area contributed by atoms with E-state index in [0.29, 0.717) is 6.54 Å². The monoisotopic (exact) mass is 249 g/mol. The van der Waals surface area contributed by atoms with E-state index in [2.05, 4.69) is 5.32 Å². The van der Waals surface area contributed by atoms with E-state index in [4.69, 9.17) is 9.84 Å². The van der Waals surface area contributed by atoms with Crippen LogP contribution in [-0.2, 0) is 0 Å². The molecule has 0 aliphatic carbocycles. The van der Waals surface area contributed by atoms with Crippen molar-refractivity contribution in [2.24, 2.45) is 0 Å². The topological polar surface area (TPSA) is 61.7 Å². The summed E-state index contributed by atoms with van der Waals surface area (Å²) >= 11 is 0. The first-order chi connectivity index (χ1) is 8.50. The Morgan fingerprint density at radius 2 is 2.17 bits per heavy atom. The van der Waals surface area contributed by atoms with E-state index in [0.717, 1.165) is 17.0 Å². The van der Waals surface area contributed by atoms with E-state index >= 15 is 0 Å². The van der Waals surface area contributed by atoms with Crippen LogP contribution < -0.4 is 10.1 Å². The van der Waals surface area contributed by atoms with Crippen LogP contribution in [0.15, 0.2) is 24.3 Å². The minimum absolute atomic E-state index is 0.241. The Bertz CT molecular complexity index is 454. The fourth-order valence-electron chi connectivity index (χ4n) is 1.79. The highest BCUT2D eigenvalue weighted by Crippen LogP contribution is 2.32. The maximum Gasteiger partial charge on any atom is 0.127 e. The van der Waals surface area contributed by atoms with E-state index in [1.54, 1.807) is 0 Å². The van der Waals surface area contributed by atoms with Crippen LogP contribution in [0.2, 0.25) is 0 Å². The molecule has 1 heterocycles. The molecule has 0 saturated carbocycles. The highest BCUT2D eigenvalue weighted by atomic mass is 16.5. The second-order valence-corrected chi connectivity index (χ2v) is 5.01. The standard InChI is InChI=1S/C14H19NO3/c1-14(2)6-5-10-7-11(3-4-13(10)18-14)15-8-12(17)9-16/h3-7,12,15-17H,8-9H2,1-2H3. The molecule has 1 unspecified atom stereocenters. The van der Waals surface area contributed by atoms with Crippen LogP contribution >= 0.6 is 0 Å². The maximum atomic E-state index is 9.28. The summed E-state index contributed by atoms with van der Waals surface area (Å²) in [5, 5.41) is 21.1. The third-order valence-corrected chi connectivity index (χ3v) is 2.80. The number of aliphatic hydroxyl groups is 2. The molecule has 0 amide bonds. The van der Waals surface area contributed by atoms with Crippen LogP contribution in [0.25, 0.3) is 6.08 Å². The predicted octanol–water partition coefficient (Wildman–Crippen LogP) is 1.64. The van der Waals surface area contributed by atoms with Gasteiger partial charge >= 0.3 is 0 Å². The Morgan fingerprint density at radius 3 is 2.89 bits per heavy atom. The van der Waals surface area contributed by atoms with Gasteiger partial charge in [-0.3, -0.25) is 0 Å². The number of ether oxygens (including phenoxy) is 1. The van der Waals surface area contributed by atoms with Crippen molar-refractivity contribution in [2.75, 3.05) is 18.5 Å². The van der Waals surface area contributed by atoms with E-state index in [9.17, 15) is 5.11 Å². The second kappa shape index (κ2) is 5.00. The highest BCUT2D eigenvalue weighted by Gasteiger charge is 2.21. The molecule has 0 bridgehead atoms.